The molecular formula is C23H34ClFN2O3. The molecule has 2 heterocycles. The molecular weight excluding hydrogens is 407 g/mol. The summed E-state index contributed by atoms with van der Waals surface area (Å²) in [6.07, 6.45) is 2.45. The number of anilines is 1. The summed E-state index contributed by atoms with van der Waals surface area (Å²) in [5.74, 6) is -0.00235. The first kappa shape index (κ1) is 23.1. The van der Waals surface area contributed by atoms with Crippen LogP contribution in [0, 0.1) is 11.7 Å². The van der Waals surface area contributed by atoms with Crippen LogP contribution in [0.1, 0.15) is 58.4 Å². The van der Waals surface area contributed by atoms with E-state index in [0.717, 1.165) is 31.5 Å². The Kier molecular flexibility index (Phi) is 7.18. The van der Waals surface area contributed by atoms with Crippen LogP contribution in [0.4, 0.5) is 14.9 Å². The van der Waals surface area contributed by atoms with Gasteiger partial charge in [0.05, 0.1) is 10.7 Å². The van der Waals surface area contributed by atoms with Crippen molar-refractivity contribution in [2.45, 2.75) is 64.5 Å². The maximum atomic E-state index is 14.8. The third kappa shape index (κ3) is 4.86. The zero-order chi connectivity index (χ0) is 22.1. The fraction of sp³-hybridized carbons (Fsp3) is 0.696. The molecule has 0 spiro atoms. The van der Waals surface area contributed by atoms with Crippen molar-refractivity contribution in [2.75, 3.05) is 38.3 Å². The van der Waals surface area contributed by atoms with Crippen LogP contribution in [-0.4, -0.2) is 56.0 Å². The second-order valence-corrected chi connectivity index (χ2v) is 9.85. The van der Waals surface area contributed by atoms with Crippen molar-refractivity contribution in [1.29, 1.82) is 0 Å². The van der Waals surface area contributed by atoms with Crippen LogP contribution in [0.25, 0.3) is 0 Å². The second-order valence-electron chi connectivity index (χ2n) is 9.44. The number of halogens is 2. The Balaban J connectivity index is 1.86. The van der Waals surface area contributed by atoms with Gasteiger partial charge < -0.3 is 19.3 Å². The number of amides is 1. The molecule has 3 unspecified atom stereocenters. The molecule has 30 heavy (non-hydrogen) atoms. The first-order valence-corrected chi connectivity index (χ1v) is 11.2. The average molecular weight is 441 g/mol. The minimum absolute atomic E-state index is 0.00942. The molecule has 0 aromatic heterocycles. The zero-order valence-electron chi connectivity index (χ0n) is 18.7. The lowest BCUT2D eigenvalue weighted by Gasteiger charge is -2.41. The van der Waals surface area contributed by atoms with E-state index in [1.165, 1.54) is 6.07 Å². The van der Waals surface area contributed by atoms with Crippen molar-refractivity contribution in [3.05, 3.63) is 28.5 Å². The first-order valence-electron chi connectivity index (χ1n) is 10.9. The molecule has 5 nitrogen and oxygen atoms in total. The van der Waals surface area contributed by atoms with Crippen molar-refractivity contribution < 1.29 is 18.7 Å². The molecule has 0 N–H and O–H groups in total. The van der Waals surface area contributed by atoms with Gasteiger partial charge in [-0.3, -0.25) is 0 Å². The number of hydrogen-bond acceptors (Lipinski definition) is 4. The van der Waals surface area contributed by atoms with Crippen LogP contribution < -0.4 is 4.90 Å². The van der Waals surface area contributed by atoms with Gasteiger partial charge in [-0.15, -0.1) is 0 Å². The van der Waals surface area contributed by atoms with Gasteiger partial charge in [0.1, 0.15) is 11.4 Å². The fourth-order valence-electron chi connectivity index (χ4n) is 4.96. The highest BCUT2D eigenvalue weighted by atomic mass is 35.5. The summed E-state index contributed by atoms with van der Waals surface area (Å²) in [7, 11) is 1.69. The van der Waals surface area contributed by atoms with Crippen LogP contribution in [0.3, 0.4) is 0 Å². The van der Waals surface area contributed by atoms with Crippen LogP contribution in [-0.2, 0) is 9.47 Å². The lowest BCUT2D eigenvalue weighted by Crippen LogP contribution is -2.50. The number of ether oxygens (including phenoxy) is 2. The predicted molar refractivity (Wildman–Crippen MR) is 118 cm³/mol. The fourth-order valence-corrected chi connectivity index (χ4v) is 5.23. The first-order chi connectivity index (χ1) is 14.1. The van der Waals surface area contributed by atoms with Crippen molar-refractivity contribution in [3.8, 4) is 0 Å². The molecule has 1 aromatic rings. The van der Waals surface area contributed by atoms with Gasteiger partial charge in [-0.1, -0.05) is 18.5 Å². The maximum absolute atomic E-state index is 14.8. The Labute approximate surface area is 184 Å². The number of fused-ring (bicyclic) bond motifs is 1. The molecule has 0 radical (unpaired) electrons. The van der Waals surface area contributed by atoms with Gasteiger partial charge in [0.15, 0.2) is 0 Å². The molecule has 2 aliphatic rings. The lowest BCUT2D eigenvalue weighted by molar-refractivity contribution is 0.0147. The Morgan fingerprint density at radius 1 is 1.33 bits per heavy atom. The Bertz CT molecular complexity index is 768. The average Bonchev–Trinajstić information content (AvgIpc) is 2.97. The number of carbonyl (C=O) groups excluding carboxylic acids is 1. The summed E-state index contributed by atoms with van der Waals surface area (Å²) in [6, 6.07) is 3.18. The van der Waals surface area contributed by atoms with Gasteiger partial charge in [-0.25, -0.2) is 9.18 Å². The summed E-state index contributed by atoms with van der Waals surface area (Å²) in [5.41, 5.74) is 0.975. The van der Waals surface area contributed by atoms with Gasteiger partial charge in [0.25, 0.3) is 0 Å². The van der Waals surface area contributed by atoms with Gasteiger partial charge in [-0.05, 0) is 58.1 Å². The number of benzene rings is 1. The zero-order valence-corrected chi connectivity index (χ0v) is 19.5. The molecule has 1 fully saturated rings. The van der Waals surface area contributed by atoms with Gasteiger partial charge >= 0.3 is 6.09 Å². The predicted octanol–water partition coefficient (Wildman–Crippen LogP) is 5.45. The van der Waals surface area contributed by atoms with Crippen molar-refractivity contribution >= 4 is 23.4 Å². The normalized spacial score (nSPS) is 24.2. The van der Waals surface area contributed by atoms with Crippen LogP contribution in [0.2, 0.25) is 5.02 Å². The largest absolute Gasteiger partial charge is 0.444 e. The molecule has 0 saturated carbocycles. The maximum Gasteiger partial charge on any atom is 0.410 e. The van der Waals surface area contributed by atoms with Crippen LogP contribution in [0.15, 0.2) is 12.1 Å². The number of nitrogens with zero attached hydrogens (tertiary/aromatic N) is 2. The highest BCUT2D eigenvalue weighted by molar-refractivity contribution is 6.33. The van der Waals surface area contributed by atoms with Gasteiger partial charge in [0, 0.05) is 50.9 Å². The van der Waals surface area contributed by atoms with E-state index >= 15 is 0 Å². The number of carbonyl (C=O) groups is 1. The summed E-state index contributed by atoms with van der Waals surface area (Å²) in [4.78, 5) is 16.7. The molecule has 0 aliphatic carbocycles. The van der Waals surface area contributed by atoms with E-state index < -0.39 is 5.60 Å². The summed E-state index contributed by atoms with van der Waals surface area (Å²) in [6.45, 7) is 10.4. The monoisotopic (exact) mass is 440 g/mol. The summed E-state index contributed by atoms with van der Waals surface area (Å²) >= 11 is 6.55. The topological polar surface area (TPSA) is 42.0 Å². The molecule has 1 aromatic carbocycles. The van der Waals surface area contributed by atoms with E-state index in [2.05, 4.69) is 11.8 Å². The quantitative estimate of drug-likeness (QED) is 0.570. The number of likely N-dealkylation sites (tertiary alicyclic amines) is 1. The van der Waals surface area contributed by atoms with E-state index in [0.29, 0.717) is 30.3 Å². The van der Waals surface area contributed by atoms with Crippen LogP contribution >= 0.6 is 11.6 Å². The minimum atomic E-state index is -0.524. The standard InChI is InChI=1S/C23H34ClFN2O3/c1-15-19-18(25)10-9-17(24)21(19)27(12-7-13-29-5)20(15)16-8-6-11-26(14-16)22(28)30-23(2,3)4/h9-10,15-16,20H,6-8,11-14H2,1-5H3. The lowest BCUT2D eigenvalue weighted by atomic mass is 9.82. The Morgan fingerprint density at radius 2 is 2.07 bits per heavy atom. The highest BCUT2D eigenvalue weighted by Gasteiger charge is 2.44. The molecule has 3 rings (SSSR count). The van der Waals surface area contributed by atoms with E-state index in [1.807, 2.05) is 20.8 Å². The Morgan fingerprint density at radius 3 is 2.73 bits per heavy atom. The molecule has 2 aliphatic heterocycles. The van der Waals surface area contributed by atoms with E-state index in [1.54, 1.807) is 18.1 Å². The minimum Gasteiger partial charge on any atom is -0.444 e. The van der Waals surface area contributed by atoms with Crippen molar-refractivity contribution in [1.82, 2.24) is 4.90 Å². The van der Waals surface area contributed by atoms with Gasteiger partial charge in [0.2, 0.25) is 0 Å². The molecule has 1 amide bonds. The van der Waals surface area contributed by atoms with Crippen molar-refractivity contribution in [2.24, 2.45) is 5.92 Å². The van der Waals surface area contributed by atoms with E-state index in [9.17, 15) is 9.18 Å². The van der Waals surface area contributed by atoms with E-state index in [-0.39, 0.29) is 29.8 Å². The third-order valence-corrected chi connectivity index (χ3v) is 6.37. The molecule has 168 valence electrons. The molecule has 1 saturated heterocycles. The number of rotatable bonds is 5. The highest BCUT2D eigenvalue weighted by Crippen LogP contribution is 2.49. The van der Waals surface area contributed by atoms with E-state index in [4.69, 9.17) is 21.1 Å². The third-order valence-electron chi connectivity index (χ3n) is 6.07. The molecule has 0 bridgehead atoms. The second kappa shape index (κ2) is 9.31. The summed E-state index contributed by atoms with van der Waals surface area (Å²) < 4.78 is 25.7. The molecule has 3 atom stereocenters. The smallest absolute Gasteiger partial charge is 0.410 e. The van der Waals surface area contributed by atoms with Gasteiger partial charge in [-0.2, -0.15) is 0 Å². The number of methoxy groups -OCH3 is 1. The number of piperidine rings is 1. The SMILES string of the molecule is COCCCN1c2c(Cl)ccc(F)c2C(C)C1C1CCCN(C(=O)OC(C)(C)C)C1. The molecule has 7 heteroatoms. The Hall–Kier alpha value is -1.53. The van der Waals surface area contributed by atoms with Crippen LogP contribution in [0.5, 0.6) is 0 Å². The number of hydrogen-bond donors (Lipinski definition) is 0. The summed E-state index contributed by atoms with van der Waals surface area (Å²) in [5, 5.41) is 0.581. The van der Waals surface area contributed by atoms with Crippen molar-refractivity contribution in [3.63, 3.8) is 0 Å².